The Labute approximate surface area is 182 Å². The topological polar surface area (TPSA) is 103 Å². The number of hydrogen-bond donors (Lipinski definition) is 2. The van der Waals surface area contributed by atoms with Crippen molar-refractivity contribution in [3.8, 4) is 17.4 Å². The summed E-state index contributed by atoms with van der Waals surface area (Å²) in [5.41, 5.74) is 1.57. The summed E-state index contributed by atoms with van der Waals surface area (Å²) in [4.78, 5) is 23.5. The highest BCUT2D eigenvalue weighted by atomic mass is 35.5. The number of hydrogen-bond acceptors (Lipinski definition) is 4. The number of carboxylic acid groups (broad SMARTS) is 1. The third-order valence-electron chi connectivity index (χ3n) is 4.28. The number of furan rings is 1. The van der Waals surface area contributed by atoms with E-state index in [9.17, 15) is 14.9 Å². The zero-order chi connectivity index (χ0) is 21.8. The quantitative estimate of drug-likeness (QED) is 0.385. The molecule has 150 valence electrons. The van der Waals surface area contributed by atoms with Crippen LogP contribution in [0.15, 0.2) is 58.5 Å². The molecule has 0 fully saturated rings. The number of carboxylic acids is 1. The number of nitrogens with one attached hydrogen (secondary N) is 1. The van der Waals surface area contributed by atoms with Gasteiger partial charge in [-0.25, -0.2) is 4.79 Å². The van der Waals surface area contributed by atoms with Crippen LogP contribution in [0.25, 0.3) is 17.4 Å². The summed E-state index contributed by atoms with van der Waals surface area (Å²) < 4.78 is 5.67. The molecular formula is C22H14Cl2N2O4. The van der Waals surface area contributed by atoms with Crippen LogP contribution in [0, 0.1) is 18.3 Å². The number of nitriles is 1. The number of benzene rings is 2. The van der Waals surface area contributed by atoms with Gasteiger partial charge in [0.1, 0.15) is 23.2 Å². The Balaban J connectivity index is 1.84. The first-order valence-corrected chi connectivity index (χ1v) is 9.37. The molecule has 3 aromatic rings. The summed E-state index contributed by atoms with van der Waals surface area (Å²) in [7, 11) is 0. The van der Waals surface area contributed by atoms with Crippen LogP contribution in [0.3, 0.4) is 0 Å². The normalized spacial score (nSPS) is 11.1. The smallest absolute Gasteiger partial charge is 0.337 e. The largest absolute Gasteiger partial charge is 0.478 e. The molecule has 30 heavy (non-hydrogen) atoms. The van der Waals surface area contributed by atoms with Crippen LogP contribution in [0.1, 0.15) is 21.7 Å². The second-order valence-electron chi connectivity index (χ2n) is 6.24. The molecule has 0 atom stereocenters. The van der Waals surface area contributed by atoms with E-state index in [1.807, 2.05) is 6.07 Å². The minimum atomic E-state index is -1.13. The number of amides is 1. The molecule has 0 aliphatic rings. The second kappa shape index (κ2) is 8.87. The summed E-state index contributed by atoms with van der Waals surface area (Å²) in [6.07, 6.45) is 1.31. The number of carbonyl (C=O) groups is 2. The maximum absolute atomic E-state index is 12.5. The SMILES string of the molecule is Cc1c(Cl)cccc1NC(=O)/C(C#N)=C/c1ccc(-c2ccc(C(=O)O)c(Cl)c2)o1. The highest BCUT2D eigenvalue weighted by molar-refractivity contribution is 6.33. The van der Waals surface area contributed by atoms with Gasteiger partial charge >= 0.3 is 5.97 Å². The van der Waals surface area contributed by atoms with E-state index in [0.29, 0.717) is 27.6 Å². The van der Waals surface area contributed by atoms with Crippen molar-refractivity contribution in [3.63, 3.8) is 0 Å². The van der Waals surface area contributed by atoms with Crippen LogP contribution in [0.4, 0.5) is 5.69 Å². The molecule has 6 nitrogen and oxygen atoms in total. The molecule has 2 N–H and O–H groups in total. The zero-order valence-electron chi connectivity index (χ0n) is 15.6. The molecule has 0 aliphatic carbocycles. The fraction of sp³-hybridized carbons (Fsp3) is 0.0455. The molecule has 0 saturated heterocycles. The fourth-order valence-corrected chi connectivity index (χ4v) is 3.09. The van der Waals surface area contributed by atoms with Crippen LogP contribution in [0.2, 0.25) is 10.0 Å². The van der Waals surface area contributed by atoms with Crippen LogP contribution < -0.4 is 5.32 Å². The molecule has 3 rings (SSSR count). The van der Waals surface area contributed by atoms with Crippen molar-refractivity contribution in [1.29, 1.82) is 5.26 Å². The van der Waals surface area contributed by atoms with Crippen molar-refractivity contribution in [2.24, 2.45) is 0 Å². The van der Waals surface area contributed by atoms with Crippen LogP contribution in [0.5, 0.6) is 0 Å². The van der Waals surface area contributed by atoms with Gasteiger partial charge in [0.05, 0.1) is 10.6 Å². The molecule has 0 bridgehead atoms. The minimum absolute atomic E-state index is 0.0214. The van der Waals surface area contributed by atoms with Gasteiger partial charge < -0.3 is 14.8 Å². The van der Waals surface area contributed by atoms with Gasteiger partial charge in [-0.2, -0.15) is 5.26 Å². The van der Waals surface area contributed by atoms with Gasteiger partial charge in [-0.1, -0.05) is 35.3 Å². The van der Waals surface area contributed by atoms with Crippen molar-refractivity contribution in [2.75, 3.05) is 5.32 Å². The lowest BCUT2D eigenvalue weighted by atomic mass is 10.1. The lowest BCUT2D eigenvalue weighted by Crippen LogP contribution is -2.14. The first kappa shape index (κ1) is 21.2. The summed E-state index contributed by atoms with van der Waals surface area (Å²) in [5.74, 6) is -1.05. The van der Waals surface area contributed by atoms with Gasteiger partial charge in [-0.05, 0) is 48.9 Å². The van der Waals surface area contributed by atoms with E-state index in [1.165, 1.54) is 18.2 Å². The van der Waals surface area contributed by atoms with E-state index in [4.69, 9.17) is 32.7 Å². The minimum Gasteiger partial charge on any atom is -0.478 e. The van der Waals surface area contributed by atoms with Crippen molar-refractivity contribution in [1.82, 2.24) is 0 Å². The summed E-state index contributed by atoms with van der Waals surface area (Å²) in [6.45, 7) is 1.76. The number of carbonyl (C=O) groups excluding carboxylic acids is 1. The molecule has 2 aromatic carbocycles. The third-order valence-corrected chi connectivity index (χ3v) is 5.00. The average Bonchev–Trinajstić information content (AvgIpc) is 3.18. The number of halogens is 2. The lowest BCUT2D eigenvalue weighted by Gasteiger charge is -2.08. The summed E-state index contributed by atoms with van der Waals surface area (Å²) in [5, 5.41) is 21.7. The number of rotatable bonds is 5. The Morgan fingerprint density at radius 1 is 1.13 bits per heavy atom. The van der Waals surface area contributed by atoms with Crippen LogP contribution >= 0.6 is 23.2 Å². The number of aromatic carboxylic acids is 1. The summed E-state index contributed by atoms with van der Waals surface area (Å²) >= 11 is 12.0. The van der Waals surface area contributed by atoms with Gasteiger partial charge in [0.15, 0.2) is 0 Å². The highest BCUT2D eigenvalue weighted by Crippen LogP contribution is 2.28. The van der Waals surface area contributed by atoms with E-state index in [1.54, 1.807) is 43.3 Å². The monoisotopic (exact) mass is 440 g/mol. The second-order valence-corrected chi connectivity index (χ2v) is 7.05. The van der Waals surface area contributed by atoms with E-state index >= 15 is 0 Å². The maximum atomic E-state index is 12.5. The van der Waals surface area contributed by atoms with Crippen molar-refractivity contribution in [2.45, 2.75) is 6.92 Å². The highest BCUT2D eigenvalue weighted by Gasteiger charge is 2.14. The maximum Gasteiger partial charge on any atom is 0.337 e. The predicted molar refractivity (Wildman–Crippen MR) is 115 cm³/mol. The van der Waals surface area contributed by atoms with E-state index < -0.39 is 11.9 Å². The Hall–Kier alpha value is -3.53. The Morgan fingerprint density at radius 3 is 2.57 bits per heavy atom. The first-order chi connectivity index (χ1) is 14.3. The van der Waals surface area contributed by atoms with E-state index in [0.717, 1.165) is 0 Å². The average molecular weight is 441 g/mol. The van der Waals surface area contributed by atoms with Gasteiger partial charge in [0, 0.05) is 22.3 Å². The van der Waals surface area contributed by atoms with Gasteiger partial charge in [-0.3, -0.25) is 4.79 Å². The Bertz CT molecular complexity index is 1220. The predicted octanol–water partition coefficient (Wildman–Crippen LogP) is 5.81. The van der Waals surface area contributed by atoms with Gasteiger partial charge in [0.25, 0.3) is 5.91 Å². The first-order valence-electron chi connectivity index (χ1n) is 8.61. The van der Waals surface area contributed by atoms with Crippen molar-refractivity contribution < 1.29 is 19.1 Å². The molecule has 8 heteroatoms. The van der Waals surface area contributed by atoms with Gasteiger partial charge in [-0.15, -0.1) is 0 Å². The van der Waals surface area contributed by atoms with E-state index in [2.05, 4.69) is 5.32 Å². The molecule has 0 unspecified atom stereocenters. The standard InChI is InChI=1S/C22H14Cl2N2O4/c1-12-17(23)3-2-4-19(12)26-21(27)14(11-25)9-15-6-8-20(30-15)13-5-7-16(22(28)29)18(24)10-13/h2-10H,1H3,(H,26,27)(H,28,29)/b14-9+. The fourth-order valence-electron chi connectivity index (χ4n) is 2.65. The molecule has 0 saturated carbocycles. The Kier molecular flexibility index (Phi) is 6.26. The summed E-state index contributed by atoms with van der Waals surface area (Å²) in [6, 6.07) is 14.6. The number of nitrogens with zero attached hydrogens (tertiary/aromatic N) is 1. The lowest BCUT2D eigenvalue weighted by molar-refractivity contribution is -0.112. The molecule has 0 radical (unpaired) electrons. The van der Waals surface area contributed by atoms with Gasteiger partial charge in [0.2, 0.25) is 0 Å². The van der Waals surface area contributed by atoms with E-state index in [-0.39, 0.29) is 21.9 Å². The number of anilines is 1. The van der Waals surface area contributed by atoms with Crippen molar-refractivity contribution in [3.05, 3.63) is 81.0 Å². The Morgan fingerprint density at radius 2 is 1.90 bits per heavy atom. The molecule has 0 aliphatic heterocycles. The molecule has 1 aromatic heterocycles. The third kappa shape index (κ3) is 4.54. The van der Waals surface area contributed by atoms with Crippen LogP contribution in [-0.2, 0) is 4.79 Å². The van der Waals surface area contributed by atoms with Crippen molar-refractivity contribution >= 4 is 46.8 Å². The van der Waals surface area contributed by atoms with Crippen LogP contribution in [-0.4, -0.2) is 17.0 Å². The molecule has 1 heterocycles. The molecule has 0 spiro atoms. The molecule has 1 amide bonds. The zero-order valence-corrected chi connectivity index (χ0v) is 17.1. The molecular weight excluding hydrogens is 427 g/mol.